The molecule has 0 aliphatic carbocycles. The fraction of sp³-hybridized carbons (Fsp3) is 0.391. The lowest BCUT2D eigenvalue weighted by Crippen LogP contribution is -2.60. The number of carbonyl (C=O) groups excluding carboxylic acids is 1. The van der Waals surface area contributed by atoms with E-state index in [1.807, 2.05) is 30.3 Å². The molecule has 2 aromatic carbocycles. The van der Waals surface area contributed by atoms with E-state index < -0.39 is 6.03 Å². The Labute approximate surface area is 179 Å². The topological polar surface area (TPSA) is 68.5 Å². The number of piperidine rings is 1. The minimum atomic E-state index is -0.391. The highest BCUT2D eigenvalue weighted by atomic mass is 19.1. The number of carbonyl (C=O) groups is 1. The number of rotatable bonds is 3. The number of nitrogens with one attached hydrogen (secondary N) is 1. The van der Waals surface area contributed by atoms with E-state index in [0.717, 1.165) is 30.5 Å². The first kappa shape index (κ1) is 20.0. The predicted molar refractivity (Wildman–Crippen MR) is 114 cm³/mol. The molecule has 1 N–H and O–H groups in total. The quantitative estimate of drug-likeness (QED) is 0.702. The molecule has 2 aliphatic rings. The van der Waals surface area contributed by atoms with Gasteiger partial charge in [-0.25, -0.2) is 18.5 Å². The molecule has 7 nitrogen and oxygen atoms in total. The Hall–Kier alpha value is -2.97. The van der Waals surface area contributed by atoms with Crippen molar-refractivity contribution in [3.63, 3.8) is 0 Å². The van der Waals surface area contributed by atoms with E-state index in [4.69, 9.17) is 4.74 Å². The number of hydrogen-bond acceptors (Lipinski definition) is 4. The maximum absolute atomic E-state index is 13.2. The van der Waals surface area contributed by atoms with Gasteiger partial charge in [0.25, 0.3) is 0 Å². The van der Waals surface area contributed by atoms with Crippen molar-refractivity contribution in [1.29, 1.82) is 0 Å². The summed E-state index contributed by atoms with van der Waals surface area (Å²) in [5.41, 5.74) is 2.03. The number of hydrogen-bond donors (Lipinski definition) is 1. The largest absolute Gasteiger partial charge is 0.378 e. The van der Waals surface area contributed by atoms with Crippen LogP contribution in [0.5, 0.6) is 0 Å². The zero-order chi connectivity index (χ0) is 21.5. The van der Waals surface area contributed by atoms with Crippen molar-refractivity contribution < 1.29 is 13.9 Å². The van der Waals surface area contributed by atoms with Gasteiger partial charge in [0.05, 0.1) is 24.2 Å². The smallest absolute Gasteiger partial charge is 0.337 e. The van der Waals surface area contributed by atoms with Gasteiger partial charge in [-0.15, -0.1) is 0 Å². The normalized spacial score (nSPS) is 23.7. The summed E-state index contributed by atoms with van der Waals surface area (Å²) in [6.07, 6.45) is 1.48. The molecule has 0 radical (unpaired) electrons. The van der Waals surface area contributed by atoms with Gasteiger partial charge in [-0.05, 0) is 42.7 Å². The monoisotopic (exact) mass is 424 g/mol. The van der Waals surface area contributed by atoms with Gasteiger partial charge in [-0.2, -0.15) is 0 Å². The SMILES string of the molecule is Cn1c(=O)n(C(=O)NC2CC3COCC(C2)N3Cc2ccc(F)cc2)c2ccccc21. The molecule has 3 aromatic rings. The summed E-state index contributed by atoms with van der Waals surface area (Å²) in [6.45, 7) is 1.92. The third-order valence-corrected chi connectivity index (χ3v) is 6.44. The standard InChI is InChI=1S/C23H25FN4O3/c1-26-20-4-2-3-5-21(20)28(23(26)30)22(29)25-17-10-18-13-31-14-19(11-17)27(18)12-15-6-8-16(24)9-7-15/h2-9,17-19H,10-14H2,1H3,(H,25,29). The Morgan fingerprint density at radius 3 is 2.39 bits per heavy atom. The van der Waals surface area contributed by atoms with Crippen molar-refractivity contribution in [3.05, 3.63) is 70.4 Å². The Kier molecular flexibility index (Phi) is 5.11. The summed E-state index contributed by atoms with van der Waals surface area (Å²) in [5.74, 6) is -0.239. The van der Waals surface area contributed by atoms with E-state index >= 15 is 0 Å². The fourth-order valence-corrected chi connectivity index (χ4v) is 4.89. The van der Waals surface area contributed by atoms with Crippen LogP contribution in [0.4, 0.5) is 9.18 Å². The van der Waals surface area contributed by atoms with Crippen molar-refractivity contribution in [1.82, 2.24) is 19.4 Å². The van der Waals surface area contributed by atoms with Crippen LogP contribution in [0, 0.1) is 5.82 Å². The van der Waals surface area contributed by atoms with Crippen LogP contribution in [0.15, 0.2) is 53.3 Å². The van der Waals surface area contributed by atoms with E-state index in [1.54, 1.807) is 13.1 Å². The second kappa shape index (κ2) is 7.94. The number of benzene rings is 2. The summed E-state index contributed by atoms with van der Waals surface area (Å²) in [6, 6.07) is 13.8. The highest BCUT2D eigenvalue weighted by Crippen LogP contribution is 2.29. The molecule has 2 bridgehead atoms. The summed E-state index contributed by atoms with van der Waals surface area (Å²) >= 11 is 0. The molecule has 0 spiro atoms. The van der Waals surface area contributed by atoms with Gasteiger partial charge in [-0.1, -0.05) is 24.3 Å². The minimum absolute atomic E-state index is 0.0401. The molecule has 162 valence electrons. The maximum atomic E-state index is 13.2. The zero-order valence-electron chi connectivity index (χ0n) is 17.3. The van der Waals surface area contributed by atoms with Crippen LogP contribution < -0.4 is 11.0 Å². The van der Waals surface area contributed by atoms with Crippen molar-refractivity contribution in [3.8, 4) is 0 Å². The van der Waals surface area contributed by atoms with Crippen LogP contribution >= 0.6 is 0 Å². The maximum Gasteiger partial charge on any atom is 0.337 e. The van der Waals surface area contributed by atoms with Crippen molar-refractivity contribution in [2.75, 3.05) is 13.2 Å². The molecular weight excluding hydrogens is 399 g/mol. The molecule has 2 fully saturated rings. The van der Waals surface area contributed by atoms with Gasteiger partial charge in [0.2, 0.25) is 0 Å². The molecule has 1 aromatic heterocycles. The average Bonchev–Trinajstić information content (AvgIpc) is 3.01. The third kappa shape index (κ3) is 3.66. The van der Waals surface area contributed by atoms with E-state index in [0.29, 0.717) is 18.7 Å². The molecule has 1 amide bonds. The Balaban J connectivity index is 1.32. The number of para-hydroxylation sites is 2. The van der Waals surface area contributed by atoms with Gasteiger partial charge >= 0.3 is 11.7 Å². The average molecular weight is 424 g/mol. The molecule has 31 heavy (non-hydrogen) atoms. The van der Waals surface area contributed by atoms with E-state index in [9.17, 15) is 14.0 Å². The first-order chi connectivity index (χ1) is 15.0. The number of fused-ring (bicyclic) bond motifs is 3. The van der Waals surface area contributed by atoms with Crippen LogP contribution in [0.3, 0.4) is 0 Å². The van der Waals surface area contributed by atoms with Gasteiger partial charge < -0.3 is 10.1 Å². The molecular formula is C23H25FN4O3. The predicted octanol–water partition coefficient (Wildman–Crippen LogP) is 2.47. The van der Waals surface area contributed by atoms with Crippen LogP contribution in [-0.2, 0) is 18.3 Å². The molecule has 3 heterocycles. The Morgan fingerprint density at radius 1 is 1.06 bits per heavy atom. The fourth-order valence-electron chi connectivity index (χ4n) is 4.89. The van der Waals surface area contributed by atoms with Crippen LogP contribution in [0.2, 0.25) is 0 Å². The minimum Gasteiger partial charge on any atom is -0.378 e. The first-order valence-corrected chi connectivity index (χ1v) is 10.6. The number of amides is 1. The summed E-state index contributed by atoms with van der Waals surface area (Å²) in [4.78, 5) is 28.1. The van der Waals surface area contributed by atoms with Crippen molar-refractivity contribution in [2.24, 2.45) is 7.05 Å². The number of morpholine rings is 1. The lowest BCUT2D eigenvalue weighted by Gasteiger charge is -2.48. The first-order valence-electron chi connectivity index (χ1n) is 10.6. The summed E-state index contributed by atoms with van der Waals surface area (Å²) in [5, 5.41) is 3.08. The number of aromatic nitrogens is 2. The summed E-state index contributed by atoms with van der Waals surface area (Å²) in [7, 11) is 1.67. The van der Waals surface area contributed by atoms with Gasteiger partial charge in [-0.3, -0.25) is 9.47 Å². The number of imidazole rings is 1. The molecule has 5 rings (SSSR count). The van der Waals surface area contributed by atoms with Gasteiger partial charge in [0, 0.05) is 31.7 Å². The van der Waals surface area contributed by atoms with Gasteiger partial charge in [0.1, 0.15) is 5.82 Å². The van der Waals surface area contributed by atoms with Crippen LogP contribution in [-0.4, -0.2) is 51.4 Å². The zero-order valence-corrected chi connectivity index (χ0v) is 17.3. The van der Waals surface area contributed by atoms with Crippen molar-refractivity contribution >= 4 is 17.1 Å². The Morgan fingerprint density at radius 2 is 1.71 bits per heavy atom. The molecule has 2 unspecified atom stereocenters. The second-order valence-corrected chi connectivity index (χ2v) is 8.43. The van der Waals surface area contributed by atoms with Gasteiger partial charge in [0.15, 0.2) is 0 Å². The van der Waals surface area contributed by atoms with Crippen LogP contribution in [0.1, 0.15) is 18.4 Å². The molecule has 0 saturated carbocycles. The number of ether oxygens (including phenoxy) is 1. The lowest BCUT2D eigenvalue weighted by molar-refractivity contribution is -0.0840. The van der Waals surface area contributed by atoms with Crippen LogP contribution in [0.25, 0.3) is 11.0 Å². The molecule has 2 atom stereocenters. The van der Waals surface area contributed by atoms with E-state index in [1.165, 1.54) is 21.3 Å². The molecule has 2 saturated heterocycles. The molecule has 2 aliphatic heterocycles. The highest BCUT2D eigenvalue weighted by molar-refractivity contribution is 5.89. The van der Waals surface area contributed by atoms with E-state index in [-0.39, 0.29) is 29.6 Å². The number of halogens is 1. The Bertz CT molecular complexity index is 1160. The number of aryl methyl sites for hydroxylation is 1. The summed E-state index contributed by atoms with van der Waals surface area (Å²) < 4.78 is 21.7. The van der Waals surface area contributed by atoms with Crippen molar-refractivity contribution in [2.45, 2.75) is 37.5 Å². The lowest BCUT2D eigenvalue weighted by atomic mass is 9.89. The number of nitrogens with zero attached hydrogens (tertiary/aromatic N) is 3. The highest BCUT2D eigenvalue weighted by Gasteiger charge is 2.39. The third-order valence-electron chi connectivity index (χ3n) is 6.44. The second-order valence-electron chi connectivity index (χ2n) is 8.43. The molecule has 8 heteroatoms. The van der Waals surface area contributed by atoms with E-state index in [2.05, 4.69) is 10.2 Å².